The molecule has 1 aliphatic rings. The van der Waals surface area contributed by atoms with Gasteiger partial charge in [0.25, 0.3) is 0 Å². The predicted molar refractivity (Wildman–Crippen MR) is 52.0 cm³/mol. The van der Waals surface area contributed by atoms with Crippen LogP contribution >= 0.6 is 0 Å². The Morgan fingerprint density at radius 3 is 2.71 bits per heavy atom. The Bertz CT molecular complexity index is 348. The van der Waals surface area contributed by atoms with Gasteiger partial charge in [0.05, 0.1) is 12.2 Å². The van der Waals surface area contributed by atoms with Crippen LogP contribution < -0.4 is 0 Å². The van der Waals surface area contributed by atoms with Gasteiger partial charge in [0.15, 0.2) is 0 Å². The Kier molecular flexibility index (Phi) is 2.21. The molecule has 2 N–H and O–H groups in total. The molecule has 3 heteroatoms. The van der Waals surface area contributed by atoms with E-state index in [0.29, 0.717) is 5.56 Å². The number of aliphatic hydroxyl groups excluding tert-OH is 1. The molecule has 2 rings (SSSR count). The lowest BCUT2D eigenvalue weighted by Crippen LogP contribution is -2.27. The Morgan fingerprint density at radius 2 is 2.00 bits per heavy atom. The van der Waals surface area contributed by atoms with E-state index < -0.39 is 6.10 Å². The van der Waals surface area contributed by atoms with Gasteiger partial charge in [-0.3, -0.25) is 0 Å². The summed E-state index contributed by atoms with van der Waals surface area (Å²) in [6, 6.07) is 5.22. The summed E-state index contributed by atoms with van der Waals surface area (Å²) in [7, 11) is 0. The molecule has 1 aromatic rings. The van der Waals surface area contributed by atoms with Gasteiger partial charge in [0, 0.05) is 5.56 Å². The van der Waals surface area contributed by atoms with Crippen molar-refractivity contribution in [1.82, 2.24) is 0 Å². The Balaban J connectivity index is 2.56. The van der Waals surface area contributed by atoms with Crippen LogP contribution in [0.15, 0.2) is 18.2 Å². The van der Waals surface area contributed by atoms with E-state index >= 15 is 0 Å². The number of fused-ring (bicyclic) bond motifs is 1. The number of benzene rings is 1. The average molecular weight is 194 g/mol. The number of hydrogen-bond donors (Lipinski definition) is 2. The first-order chi connectivity index (χ1) is 6.61. The third kappa shape index (κ3) is 1.29. The molecular weight excluding hydrogens is 180 g/mol. The first-order valence-electron chi connectivity index (χ1n) is 4.76. The molecule has 1 aliphatic heterocycles. The van der Waals surface area contributed by atoms with Crippen LogP contribution in [0, 0.1) is 0 Å². The van der Waals surface area contributed by atoms with Crippen molar-refractivity contribution in [3.63, 3.8) is 0 Å². The van der Waals surface area contributed by atoms with Crippen LogP contribution in [0.4, 0.5) is 0 Å². The van der Waals surface area contributed by atoms with Crippen LogP contribution in [0.5, 0.6) is 5.75 Å². The van der Waals surface area contributed by atoms with E-state index in [1.165, 1.54) is 0 Å². The van der Waals surface area contributed by atoms with Crippen LogP contribution in [0.1, 0.15) is 37.2 Å². The number of phenols is 1. The van der Waals surface area contributed by atoms with E-state index in [0.717, 1.165) is 5.56 Å². The SMILES string of the molecule is C[C@H]1O[C@H](C)[C@@H](O)c2c(O)cccc21. The van der Waals surface area contributed by atoms with Gasteiger partial charge >= 0.3 is 0 Å². The molecule has 14 heavy (non-hydrogen) atoms. The summed E-state index contributed by atoms with van der Waals surface area (Å²) >= 11 is 0. The normalized spacial score (nSPS) is 31.2. The largest absolute Gasteiger partial charge is 0.508 e. The number of rotatable bonds is 0. The van der Waals surface area contributed by atoms with Crippen LogP contribution in [0.3, 0.4) is 0 Å². The predicted octanol–water partition coefficient (Wildman–Crippen LogP) is 1.91. The molecule has 76 valence electrons. The molecule has 0 fully saturated rings. The Morgan fingerprint density at radius 1 is 1.29 bits per heavy atom. The first-order valence-corrected chi connectivity index (χ1v) is 4.76. The van der Waals surface area contributed by atoms with Crippen molar-refractivity contribution >= 4 is 0 Å². The highest BCUT2D eigenvalue weighted by Gasteiger charge is 2.31. The summed E-state index contributed by atoms with van der Waals surface area (Å²) in [6.07, 6.45) is -1.08. The highest BCUT2D eigenvalue weighted by atomic mass is 16.5. The minimum Gasteiger partial charge on any atom is -0.508 e. The van der Waals surface area contributed by atoms with Crippen LogP contribution in [0.2, 0.25) is 0 Å². The maximum atomic E-state index is 9.84. The van der Waals surface area contributed by atoms with Crippen molar-refractivity contribution in [1.29, 1.82) is 0 Å². The molecule has 0 radical (unpaired) electrons. The number of aliphatic hydroxyl groups is 1. The second-order valence-electron chi connectivity index (χ2n) is 3.71. The van der Waals surface area contributed by atoms with Gasteiger partial charge in [-0.1, -0.05) is 12.1 Å². The topological polar surface area (TPSA) is 49.7 Å². The zero-order chi connectivity index (χ0) is 10.3. The van der Waals surface area contributed by atoms with Crippen molar-refractivity contribution in [2.75, 3.05) is 0 Å². The minimum atomic E-state index is -0.734. The lowest BCUT2D eigenvalue weighted by atomic mass is 9.92. The summed E-state index contributed by atoms with van der Waals surface area (Å²) in [5.74, 6) is 0.150. The molecule has 0 unspecified atom stereocenters. The molecule has 1 heterocycles. The molecule has 0 aliphatic carbocycles. The van der Waals surface area contributed by atoms with Crippen molar-refractivity contribution in [2.24, 2.45) is 0 Å². The van der Waals surface area contributed by atoms with E-state index in [2.05, 4.69) is 0 Å². The molecule has 0 aromatic heterocycles. The summed E-state index contributed by atoms with van der Waals surface area (Å²) in [5.41, 5.74) is 1.48. The second-order valence-corrected chi connectivity index (χ2v) is 3.71. The second kappa shape index (κ2) is 3.26. The van der Waals surface area contributed by atoms with Crippen LogP contribution in [-0.4, -0.2) is 16.3 Å². The van der Waals surface area contributed by atoms with E-state index in [-0.39, 0.29) is 18.0 Å². The number of hydrogen-bond acceptors (Lipinski definition) is 3. The highest BCUT2D eigenvalue weighted by Crippen LogP contribution is 2.40. The Labute approximate surface area is 83.0 Å². The number of ether oxygens (including phenoxy) is 1. The van der Waals surface area contributed by atoms with Gasteiger partial charge < -0.3 is 14.9 Å². The van der Waals surface area contributed by atoms with E-state index in [1.54, 1.807) is 19.1 Å². The summed E-state index contributed by atoms with van der Waals surface area (Å²) in [4.78, 5) is 0. The molecule has 0 saturated carbocycles. The smallest absolute Gasteiger partial charge is 0.121 e. The van der Waals surface area contributed by atoms with Crippen molar-refractivity contribution in [3.05, 3.63) is 29.3 Å². The quantitative estimate of drug-likeness (QED) is 0.663. The highest BCUT2D eigenvalue weighted by molar-refractivity contribution is 5.43. The fourth-order valence-electron chi connectivity index (χ4n) is 1.95. The minimum absolute atomic E-state index is 0.0736. The van der Waals surface area contributed by atoms with Gasteiger partial charge in [-0.05, 0) is 25.5 Å². The molecular formula is C11H14O3. The monoisotopic (exact) mass is 194 g/mol. The lowest BCUT2D eigenvalue weighted by Gasteiger charge is -2.32. The van der Waals surface area contributed by atoms with Crippen molar-refractivity contribution in [3.8, 4) is 5.75 Å². The van der Waals surface area contributed by atoms with Crippen LogP contribution in [0.25, 0.3) is 0 Å². The van der Waals surface area contributed by atoms with Gasteiger partial charge in [-0.15, -0.1) is 0 Å². The number of phenolic OH excluding ortho intramolecular Hbond substituents is 1. The maximum absolute atomic E-state index is 9.84. The maximum Gasteiger partial charge on any atom is 0.121 e. The standard InChI is InChI=1S/C11H14O3/c1-6-8-4-3-5-9(12)10(8)11(13)7(2)14-6/h3-7,11-13H,1-2H3/t6-,7-,11-/m1/s1. The number of aromatic hydroxyl groups is 1. The fraction of sp³-hybridized carbons (Fsp3) is 0.455. The van der Waals surface area contributed by atoms with Gasteiger partial charge in [0.2, 0.25) is 0 Å². The summed E-state index contributed by atoms with van der Waals surface area (Å²) in [5, 5.41) is 19.5. The zero-order valence-electron chi connectivity index (χ0n) is 8.27. The van der Waals surface area contributed by atoms with Gasteiger partial charge in [-0.25, -0.2) is 0 Å². The molecule has 0 saturated heterocycles. The molecule has 3 nitrogen and oxygen atoms in total. The van der Waals surface area contributed by atoms with E-state index in [4.69, 9.17) is 4.74 Å². The lowest BCUT2D eigenvalue weighted by molar-refractivity contribution is -0.0816. The zero-order valence-corrected chi connectivity index (χ0v) is 8.27. The molecule has 0 amide bonds. The third-order valence-electron chi connectivity index (χ3n) is 2.71. The molecule has 1 aromatic carbocycles. The van der Waals surface area contributed by atoms with Gasteiger partial charge in [0.1, 0.15) is 11.9 Å². The fourth-order valence-corrected chi connectivity index (χ4v) is 1.95. The van der Waals surface area contributed by atoms with Crippen LogP contribution in [-0.2, 0) is 4.74 Å². The molecule has 0 spiro atoms. The Hall–Kier alpha value is -1.06. The molecule has 0 bridgehead atoms. The summed E-state index contributed by atoms with van der Waals surface area (Å²) < 4.78 is 5.52. The van der Waals surface area contributed by atoms with E-state index in [1.807, 2.05) is 13.0 Å². The van der Waals surface area contributed by atoms with E-state index in [9.17, 15) is 10.2 Å². The first kappa shape index (κ1) is 9.49. The molecule has 3 atom stereocenters. The third-order valence-corrected chi connectivity index (χ3v) is 2.71. The van der Waals surface area contributed by atoms with Crippen molar-refractivity contribution < 1.29 is 14.9 Å². The summed E-state index contributed by atoms with van der Waals surface area (Å²) in [6.45, 7) is 3.72. The average Bonchev–Trinajstić information content (AvgIpc) is 2.14. The van der Waals surface area contributed by atoms with Gasteiger partial charge in [-0.2, -0.15) is 0 Å². The van der Waals surface area contributed by atoms with Crippen molar-refractivity contribution in [2.45, 2.75) is 32.2 Å².